The number of hydrogen-bond donors (Lipinski definition) is 0. The third-order valence-electron chi connectivity index (χ3n) is 10.8. The minimum atomic E-state index is -0.817. The average Bonchev–Trinajstić information content (AvgIpc) is 3.33. The highest BCUT2D eigenvalue weighted by molar-refractivity contribution is 5.71. The zero-order valence-electron chi connectivity index (χ0n) is 42.9. The Bertz CT molecular complexity index is 1480. The van der Waals surface area contributed by atoms with Crippen molar-refractivity contribution in [1.82, 2.24) is 0 Å². The second kappa shape index (κ2) is 54.2. The average molecular weight is 925 g/mol. The SMILES string of the molecule is CC\C=C/C=C\C=C/C=C\C=C\C=C/C=C\CCCCCC(=O)OCC(COC(=O)CCCCCCCCCCCCCCCC)OC(=O)CCCCC/C=C\C/C=C\C/C=C\C/C=C\CC. The lowest BCUT2D eigenvalue weighted by Crippen LogP contribution is -2.30. The van der Waals surface area contributed by atoms with Crippen molar-refractivity contribution >= 4 is 17.9 Å². The number of rotatable bonds is 46. The molecule has 0 spiro atoms. The van der Waals surface area contributed by atoms with Crippen LogP contribution in [-0.4, -0.2) is 37.2 Å². The van der Waals surface area contributed by atoms with Gasteiger partial charge in [-0.05, 0) is 77.0 Å². The van der Waals surface area contributed by atoms with Gasteiger partial charge < -0.3 is 14.2 Å². The van der Waals surface area contributed by atoms with E-state index in [1.54, 1.807) is 0 Å². The van der Waals surface area contributed by atoms with Crippen molar-refractivity contribution in [3.05, 3.63) is 134 Å². The molecule has 0 aromatic heterocycles. The fraction of sp³-hybridized carbons (Fsp3) is 0.590. The highest BCUT2D eigenvalue weighted by Gasteiger charge is 2.19. The molecule has 0 heterocycles. The van der Waals surface area contributed by atoms with Crippen LogP contribution in [0.1, 0.15) is 213 Å². The third-order valence-corrected chi connectivity index (χ3v) is 10.8. The molecule has 0 saturated carbocycles. The van der Waals surface area contributed by atoms with Gasteiger partial charge >= 0.3 is 17.9 Å². The first-order valence-electron chi connectivity index (χ1n) is 26.8. The normalized spacial score (nSPS) is 13.2. The predicted octanol–water partition coefficient (Wildman–Crippen LogP) is 17.9. The summed E-state index contributed by atoms with van der Waals surface area (Å²) in [6.45, 7) is 6.30. The summed E-state index contributed by atoms with van der Waals surface area (Å²) in [6, 6.07) is 0. The summed E-state index contributed by atoms with van der Waals surface area (Å²) < 4.78 is 16.8. The molecule has 0 N–H and O–H groups in total. The minimum absolute atomic E-state index is 0.109. The molecular formula is C61H96O6. The van der Waals surface area contributed by atoms with Gasteiger partial charge in [0.1, 0.15) is 13.2 Å². The van der Waals surface area contributed by atoms with Crippen LogP contribution in [0.2, 0.25) is 0 Å². The number of esters is 3. The van der Waals surface area contributed by atoms with Gasteiger partial charge in [0.2, 0.25) is 0 Å². The number of allylic oxidation sites excluding steroid dienone is 22. The molecule has 0 amide bonds. The monoisotopic (exact) mass is 925 g/mol. The Morgan fingerprint density at radius 1 is 0.328 bits per heavy atom. The van der Waals surface area contributed by atoms with Crippen LogP contribution in [0.4, 0.5) is 0 Å². The van der Waals surface area contributed by atoms with Gasteiger partial charge in [0.15, 0.2) is 6.10 Å². The highest BCUT2D eigenvalue weighted by Crippen LogP contribution is 2.14. The topological polar surface area (TPSA) is 78.9 Å². The maximum absolute atomic E-state index is 12.8. The number of ether oxygens (including phenoxy) is 3. The summed E-state index contributed by atoms with van der Waals surface area (Å²) >= 11 is 0. The smallest absolute Gasteiger partial charge is 0.306 e. The number of carbonyl (C=O) groups is 3. The molecule has 0 aliphatic heterocycles. The first kappa shape index (κ1) is 62.5. The lowest BCUT2D eigenvalue weighted by atomic mass is 10.0. The van der Waals surface area contributed by atoms with E-state index >= 15 is 0 Å². The van der Waals surface area contributed by atoms with Crippen LogP contribution < -0.4 is 0 Å². The van der Waals surface area contributed by atoms with Crippen molar-refractivity contribution < 1.29 is 28.6 Å². The minimum Gasteiger partial charge on any atom is -0.462 e. The quantitative estimate of drug-likeness (QED) is 0.0199. The van der Waals surface area contributed by atoms with Gasteiger partial charge in [0.05, 0.1) is 0 Å². The molecule has 0 rings (SSSR count). The standard InChI is InChI=1S/C61H96O6/c1-4-7-10-13-16-19-22-25-28-30-31-32-34-36-39-42-45-48-51-54-60(63)66-57-58(56-65-59(62)53-50-47-44-41-38-35-27-24-21-18-15-12-9-6-3)67-61(64)55-52-49-46-43-40-37-33-29-26-23-20-17-14-11-8-5-2/h7-8,10-11,13,16-17,19-20,22,25-26,28-32,34,36-37,39-40,58H,4-6,9,12,14-15,18,21,23-24,27,33,35,38,41-57H2,1-3H3/b10-7-,11-8-,16-13-,20-17-,22-19-,28-25-,29-26-,31-30+,34-32-,39-36-,40-37-. The molecule has 0 aromatic rings. The van der Waals surface area contributed by atoms with Crippen molar-refractivity contribution in [2.45, 2.75) is 219 Å². The molecule has 0 aromatic carbocycles. The first-order valence-corrected chi connectivity index (χ1v) is 26.8. The fourth-order valence-electron chi connectivity index (χ4n) is 6.89. The van der Waals surface area contributed by atoms with Gasteiger partial charge in [0, 0.05) is 19.3 Å². The molecule has 0 saturated heterocycles. The second-order valence-electron chi connectivity index (χ2n) is 17.2. The zero-order valence-corrected chi connectivity index (χ0v) is 42.9. The molecule has 67 heavy (non-hydrogen) atoms. The van der Waals surface area contributed by atoms with E-state index in [1.165, 1.54) is 70.6 Å². The molecule has 1 unspecified atom stereocenters. The number of unbranched alkanes of at least 4 members (excludes halogenated alkanes) is 19. The van der Waals surface area contributed by atoms with E-state index in [4.69, 9.17) is 14.2 Å². The third kappa shape index (κ3) is 52.4. The van der Waals surface area contributed by atoms with Crippen LogP contribution in [0.5, 0.6) is 0 Å². The Morgan fingerprint density at radius 2 is 0.657 bits per heavy atom. The Balaban J connectivity index is 4.57. The van der Waals surface area contributed by atoms with Crippen molar-refractivity contribution in [2.24, 2.45) is 0 Å². The van der Waals surface area contributed by atoms with Gasteiger partial charge in [-0.15, -0.1) is 0 Å². The molecule has 0 bridgehead atoms. The van der Waals surface area contributed by atoms with E-state index in [-0.39, 0.29) is 37.5 Å². The van der Waals surface area contributed by atoms with Gasteiger partial charge in [-0.3, -0.25) is 14.4 Å². The lowest BCUT2D eigenvalue weighted by Gasteiger charge is -2.18. The fourth-order valence-corrected chi connectivity index (χ4v) is 6.89. The van der Waals surface area contributed by atoms with Crippen molar-refractivity contribution in [3.63, 3.8) is 0 Å². The van der Waals surface area contributed by atoms with E-state index < -0.39 is 6.10 Å². The van der Waals surface area contributed by atoms with E-state index in [0.29, 0.717) is 19.3 Å². The predicted molar refractivity (Wildman–Crippen MR) is 288 cm³/mol. The van der Waals surface area contributed by atoms with Gasteiger partial charge in [-0.25, -0.2) is 0 Å². The molecule has 0 aliphatic rings. The Kier molecular flexibility index (Phi) is 50.6. The van der Waals surface area contributed by atoms with Crippen molar-refractivity contribution in [2.75, 3.05) is 13.2 Å². The molecule has 6 heteroatoms. The van der Waals surface area contributed by atoms with Gasteiger partial charge in [-0.1, -0.05) is 251 Å². The number of hydrogen-bond acceptors (Lipinski definition) is 6. The Hall–Kier alpha value is -4.45. The summed E-state index contributed by atoms with van der Waals surface area (Å²) in [5.41, 5.74) is 0. The maximum Gasteiger partial charge on any atom is 0.306 e. The van der Waals surface area contributed by atoms with Crippen LogP contribution in [0, 0.1) is 0 Å². The summed E-state index contributed by atoms with van der Waals surface area (Å²) in [7, 11) is 0. The van der Waals surface area contributed by atoms with Crippen LogP contribution in [0.25, 0.3) is 0 Å². The molecule has 0 fully saturated rings. The summed E-state index contributed by atoms with van der Waals surface area (Å²) in [6.07, 6.45) is 75.7. The van der Waals surface area contributed by atoms with Crippen LogP contribution >= 0.6 is 0 Å². The largest absolute Gasteiger partial charge is 0.462 e. The van der Waals surface area contributed by atoms with E-state index in [2.05, 4.69) is 81.5 Å². The van der Waals surface area contributed by atoms with Crippen LogP contribution in [0.15, 0.2) is 134 Å². The van der Waals surface area contributed by atoms with Gasteiger partial charge in [-0.2, -0.15) is 0 Å². The Morgan fingerprint density at radius 3 is 1.09 bits per heavy atom. The highest BCUT2D eigenvalue weighted by atomic mass is 16.6. The van der Waals surface area contributed by atoms with Crippen LogP contribution in [-0.2, 0) is 28.6 Å². The molecule has 0 radical (unpaired) electrons. The number of carbonyl (C=O) groups excluding carboxylic acids is 3. The molecule has 376 valence electrons. The Labute approximate surface area is 411 Å². The molecule has 6 nitrogen and oxygen atoms in total. The summed E-state index contributed by atoms with van der Waals surface area (Å²) in [5.74, 6) is -0.993. The lowest BCUT2D eigenvalue weighted by molar-refractivity contribution is -0.167. The molecule has 1 atom stereocenters. The van der Waals surface area contributed by atoms with Crippen molar-refractivity contribution in [1.29, 1.82) is 0 Å². The molecular weight excluding hydrogens is 829 g/mol. The zero-order chi connectivity index (χ0) is 48.6. The summed E-state index contributed by atoms with van der Waals surface area (Å²) in [4.78, 5) is 38.1. The van der Waals surface area contributed by atoms with Gasteiger partial charge in [0.25, 0.3) is 0 Å². The maximum atomic E-state index is 12.8. The second-order valence-corrected chi connectivity index (χ2v) is 17.2. The van der Waals surface area contributed by atoms with Crippen LogP contribution in [0.3, 0.4) is 0 Å². The molecule has 0 aliphatic carbocycles. The van der Waals surface area contributed by atoms with E-state index in [1.807, 2.05) is 72.9 Å². The van der Waals surface area contributed by atoms with E-state index in [0.717, 1.165) is 96.3 Å². The first-order chi connectivity index (χ1) is 33.0. The van der Waals surface area contributed by atoms with E-state index in [9.17, 15) is 14.4 Å². The summed E-state index contributed by atoms with van der Waals surface area (Å²) in [5, 5.41) is 0. The van der Waals surface area contributed by atoms with Crippen molar-refractivity contribution in [3.8, 4) is 0 Å².